The average Bonchev–Trinajstić information content (AvgIpc) is 2.62. The van der Waals surface area contributed by atoms with Crippen molar-refractivity contribution in [3.63, 3.8) is 0 Å². The maximum absolute atomic E-state index is 13.9. The van der Waals surface area contributed by atoms with Gasteiger partial charge in [0.05, 0.1) is 11.7 Å². The molecule has 0 aliphatic carbocycles. The van der Waals surface area contributed by atoms with Crippen LogP contribution in [0.2, 0.25) is 5.02 Å². The van der Waals surface area contributed by atoms with Crippen molar-refractivity contribution >= 4 is 23.3 Å². The molecule has 1 aliphatic heterocycles. The SMILES string of the molecule is CC(NC(=O)N1CCN(c2ccccc2F)CC1)c1ccccc1Cl. The highest BCUT2D eigenvalue weighted by molar-refractivity contribution is 6.31. The number of urea groups is 1. The highest BCUT2D eigenvalue weighted by Gasteiger charge is 2.24. The van der Waals surface area contributed by atoms with Crippen molar-refractivity contribution in [2.75, 3.05) is 31.1 Å². The van der Waals surface area contributed by atoms with E-state index in [4.69, 9.17) is 11.6 Å². The summed E-state index contributed by atoms with van der Waals surface area (Å²) >= 11 is 6.18. The molecule has 0 saturated carbocycles. The minimum Gasteiger partial charge on any atom is -0.366 e. The highest BCUT2D eigenvalue weighted by atomic mass is 35.5. The lowest BCUT2D eigenvalue weighted by Gasteiger charge is -2.36. The molecule has 3 rings (SSSR count). The summed E-state index contributed by atoms with van der Waals surface area (Å²) in [4.78, 5) is 16.2. The maximum atomic E-state index is 13.9. The third-order valence-electron chi connectivity index (χ3n) is 4.47. The molecule has 0 radical (unpaired) electrons. The fraction of sp³-hybridized carbons (Fsp3) is 0.316. The van der Waals surface area contributed by atoms with Crippen LogP contribution in [-0.4, -0.2) is 37.1 Å². The van der Waals surface area contributed by atoms with Crippen LogP contribution in [0.4, 0.5) is 14.9 Å². The predicted molar refractivity (Wildman–Crippen MR) is 98.6 cm³/mol. The Morgan fingerprint density at radius 2 is 1.72 bits per heavy atom. The van der Waals surface area contributed by atoms with Gasteiger partial charge >= 0.3 is 6.03 Å². The second kappa shape index (κ2) is 7.74. The summed E-state index contributed by atoms with van der Waals surface area (Å²) in [5.74, 6) is -0.229. The predicted octanol–water partition coefficient (Wildman–Crippen LogP) is 4.07. The van der Waals surface area contributed by atoms with Gasteiger partial charge in [0.25, 0.3) is 0 Å². The summed E-state index contributed by atoms with van der Waals surface area (Å²) in [6, 6.07) is 13.9. The first-order chi connectivity index (χ1) is 12.1. The number of carbonyl (C=O) groups excluding carboxylic acids is 1. The number of para-hydroxylation sites is 1. The van der Waals surface area contributed by atoms with Crippen LogP contribution in [0.5, 0.6) is 0 Å². The Morgan fingerprint density at radius 3 is 2.40 bits per heavy atom. The molecule has 4 nitrogen and oxygen atoms in total. The van der Waals surface area contributed by atoms with Crippen LogP contribution in [0.3, 0.4) is 0 Å². The number of halogens is 2. The van der Waals surface area contributed by atoms with E-state index in [0.29, 0.717) is 36.9 Å². The number of piperazine rings is 1. The number of rotatable bonds is 3. The molecule has 1 atom stereocenters. The number of carbonyl (C=O) groups is 1. The lowest BCUT2D eigenvalue weighted by atomic mass is 10.1. The van der Waals surface area contributed by atoms with Crippen molar-refractivity contribution < 1.29 is 9.18 Å². The maximum Gasteiger partial charge on any atom is 0.317 e. The lowest BCUT2D eigenvalue weighted by molar-refractivity contribution is 0.191. The molecule has 2 aromatic rings. The van der Waals surface area contributed by atoms with Crippen LogP contribution in [0.15, 0.2) is 48.5 Å². The first-order valence-electron chi connectivity index (χ1n) is 8.35. The van der Waals surface area contributed by atoms with Crippen molar-refractivity contribution in [3.05, 3.63) is 64.9 Å². The normalized spacial score (nSPS) is 15.8. The first-order valence-corrected chi connectivity index (χ1v) is 8.73. The van der Waals surface area contributed by atoms with Gasteiger partial charge in [0.1, 0.15) is 5.82 Å². The minimum absolute atomic E-state index is 0.124. The zero-order valence-electron chi connectivity index (χ0n) is 14.1. The Bertz CT molecular complexity index is 747. The Morgan fingerprint density at radius 1 is 1.08 bits per heavy atom. The van der Waals surface area contributed by atoms with Gasteiger partial charge in [-0.15, -0.1) is 0 Å². The molecular formula is C19H21ClFN3O. The second-order valence-corrected chi connectivity index (χ2v) is 6.53. The number of nitrogens with one attached hydrogen (secondary N) is 1. The summed E-state index contributed by atoms with van der Waals surface area (Å²) in [6.45, 7) is 4.23. The Labute approximate surface area is 152 Å². The zero-order valence-corrected chi connectivity index (χ0v) is 14.8. The minimum atomic E-state index is -0.229. The number of benzene rings is 2. The molecule has 0 bridgehead atoms. The third kappa shape index (κ3) is 4.04. The smallest absolute Gasteiger partial charge is 0.317 e. The van der Waals surface area contributed by atoms with Gasteiger partial charge in [-0.25, -0.2) is 9.18 Å². The molecule has 2 aromatic carbocycles. The van der Waals surface area contributed by atoms with Crippen molar-refractivity contribution in [3.8, 4) is 0 Å². The largest absolute Gasteiger partial charge is 0.366 e. The molecule has 1 unspecified atom stereocenters. The molecule has 1 heterocycles. The van der Waals surface area contributed by atoms with Gasteiger partial charge in [0, 0.05) is 31.2 Å². The Kier molecular flexibility index (Phi) is 5.43. The molecule has 1 saturated heterocycles. The van der Waals surface area contributed by atoms with E-state index in [1.54, 1.807) is 17.0 Å². The van der Waals surface area contributed by atoms with Gasteiger partial charge in [0.15, 0.2) is 0 Å². The number of anilines is 1. The van der Waals surface area contributed by atoms with Crippen LogP contribution in [0, 0.1) is 5.82 Å². The van der Waals surface area contributed by atoms with Crippen molar-refractivity contribution in [1.29, 1.82) is 0 Å². The highest BCUT2D eigenvalue weighted by Crippen LogP contribution is 2.23. The Balaban J connectivity index is 1.57. The summed E-state index contributed by atoms with van der Waals surface area (Å²) in [7, 11) is 0. The number of hydrogen-bond donors (Lipinski definition) is 1. The van der Waals surface area contributed by atoms with E-state index in [1.807, 2.05) is 42.2 Å². The topological polar surface area (TPSA) is 35.6 Å². The lowest BCUT2D eigenvalue weighted by Crippen LogP contribution is -2.52. The summed E-state index contributed by atoms with van der Waals surface area (Å²) < 4.78 is 13.9. The first kappa shape index (κ1) is 17.5. The Hall–Kier alpha value is -2.27. The van der Waals surface area contributed by atoms with E-state index in [9.17, 15) is 9.18 Å². The number of nitrogens with zero attached hydrogens (tertiary/aromatic N) is 2. The standard InChI is InChI=1S/C19H21ClFN3O/c1-14(15-6-2-3-7-16(15)20)22-19(25)24-12-10-23(11-13-24)18-9-5-4-8-17(18)21/h2-9,14H,10-13H2,1H3,(H,22,25). The fourth-order valence-corrected chi connectivity index (χ4v) is 3.34. The van der Waals surface area contributed by atoms with Crippen molar-refractivity contribution in [2.45, 2.75) is 13.0 Å². The van der Waals surface area contributed by atoms with E-state index in [-0.39, 0.29) is 17.9 Å². The molecule has 25 heavy (non-hydrogen) atoms. The van der Waals surface area contributed by atoms with Gasteiger partial charge in [-0.1, -0.05) is 41.9 Å². The van der Waals surface area contributed by atoms with E-state index in [2.05, 4.69) is 5.32 Å². The number of hydrogen-bond acceptors (Lipinski definition) is 2. The van der Waals surface area contributed by atoms with Crippen LogP contribution in [0.25, 0.3) is 0 Å². The monoisotopic (exact) mass is 361 g/mol. The van der Waals surface area contributed by atoms with Gasteiger partial charge < -0.3 is 15.1 Å². The summed E-state index contributed by atoms with van der Waals surface area (Å²) in [6.07, 6.45) is 0. The van der Waals surface area contributed by atoms with Gasteiger partial charge in [-0.2, -0.15) is 0 Å². The van der Waals surface area contributed by atoms with Crippen LogP contribution < -0.4 is 10.2 Å². The summed E-state index contributed by atoms with van der Waals surface area (Å²) in [5.41, 5.74) is 1.48. The van der Waals surface area contributed by atoms with E-state index < -0.39 is 0 Å². The summed E-state index contributed by atoms with van der Waals surface area (Å²) in [5, 5.41) is 3.62. The van der Waals surface area contributed by atoms with E-state index in [1.165, 1.54) is 6.07 Å². The third-order valence-corrected chi connectivity index (χ3v) is 4.82. The molecule has 0 spiro atoms. The molecule has 132 valence electrons. The molecule has 2 amide bonds. The molecule has 6 heteroatoms. The van der Waals surface area contributed by atoms with Gasteiger partial charge in [-0.05, 0) is 30.7 Å². The number of amides is 2. The molecule has 1 fully saturated rings. The van der Waals surface area contributed by atoms with Gasteiger partial charge in [0.2, 0.25) is 0 Å². The fourth-order valence-electron chi connectivity index (χ4n) is 3.04. The quantitative estimate of drug-likeness (QED) is 0.894. The molecule has 0 aromatic heterocycles. The zero-order chi connectivity index (χ0) is 17.8. The average molecular weight is 362 g/mol. The van der Waals surface area contributed by atoms with Crippen LogP contribution in [-0.2, 0) is 0 Å². The molecule has 1 aliphatic rings. The second-order valence-electron chi connectivity index (χ2n) is 6.12. The molecule has 1 N–H and O–H groups in total. The van der Waals surface area contributed by atoms with Crippen molar-refractivity contribution in [2.24, 2.45) is 0 Å². The van der Waals surface area contributed by atoms with E-state index in [0.717, 1.165) is 5.56 Å². The van der Waals surface area contributed by atoms with E-state index >= 15 is 0 Å². The molecular weight excluding hydrogens is 341 g/mol. The van der Waals surface area contributed by atoms with Crippen LogP contribution >= 0.6 is 11.6 Å². The van der Waals surface area contributed by atoms with Crippen LogP contribution in [0.1, 0.15) is 18.5 Å². The van der Waals surface area contributed by atoms with Crippen molar-refractivity contribution in [1.82, 2.24) is 10.2 Å². The van der Waals surface area contributed by atoms with Gasteiger partial charge in [-0.3, -0.25) is 0 Å².